The van der Waals surface area contributed by atoms with Crippen molar-refractivity contribution in [3.8, 4) is 11.5 Å². The predicted octanol–water partition coefficient (Wildman–Crippen LogP) is 2.00. The maximum absolute atomic E-state index is 13.2. The monoisotopic (exact) mass is 324 g/mol. The third-order valence-corrected chi connectivity index (χ3v) is 3.72. The first-order chi connectivity index (χ1) is 10.5. The molecule has 0 aliphatic rings. The molecule has 0 radical (unpaired) electrons. The van der Waals surface area contributed by atoms with Gasteiger partial charge in [-0.25, -0.2) is 13.8 Å². The van der Waals surface area contributed by atoms with Crippen molar-refractivity contribution >= 4 is 10.8 Å². The molecule has 114 valence electrons. The molecule has 0 N–H and O–H groups in total. The molecule has 0 aliphatic heterocycles. The lowest BCUT2D eigenvalue weighted by Gasteiger charge is -2.00. The summed E-state index contributed by atoms with van der Waals surface area (Å²) < 4.78 is 44.5. The van der Waals surface area contributed by atoms with Gasteiger partial charge in [0, 0.05) is 11.8 Å². The Morgan fingerprint density at radius 2 is 2.14 bits per heavy atom. The Hall–Kier alpha value is -2.42. The number of benzene rings is 1. The SMILES string of the molecule is CS(=O)c1nncn1Cc1coc(-c2ccc(F)c(F)c2)n1. The maximum Gasteiger partial charge on any atom is 0.226 e. The summed E-state index contributed by atoms with van der Waals surface area (Å²) in [5, 5.41) is 7.77. The van der Waals surface area contributed by atoms with E-state index in [1.165, 1.54) is 24.9 Å². The molecule has 9 heteroatoms. The average molecular weight is 324 g/mol. The highest BCUT2D eigenvalue weighted by Crippen LogP contribution is 2.21. The maximum atomic E-state index is 13.2. The molecule has 3 rings (SSSR count). The Balaban J connectivity index is 1.86. The molecular formula is C13H10F2N4O2S. The second-order valence-corrected chi connectivity index (χ2v) is 5.74. The Labute approximate surface area is 126 Å². The van der Waals surface area contributed by atoms with E-state index in [1.54, 1.807) is 4.57 Å². The molecule has 2 aromatic heterocycles. The number of hydrogen-bond acceptors (Lipinski definition) is 5. The van der Waals surface area contributed by atoms with Crippen LogP contribution in [0.4, 0.5) is 8.78 Å². The molecule has 0 saturated heterocycles. The van der Waals surface area contributed by atoms with Gasteiger partial charge in [-0.05, 0) is 18.2 Å². The van der Waals surface area contributed by atoms with E-state index in [0.29, 0.717) is 16.4 Å². The van der Waals surface area contributed by atoms with Crippen molar-refractivity contribution in [2.45, 2.75) is 11.7 Å². The van der Waals surface area contributed by atoms with Crippen LogP contribution in [0.3, 0.4) is 0 Å². The van der Waals surface area contributed by atoms with E-state index >= 15 is 0 Å². The van der Waals surface area contributed by atoms with E-state index < -0.39 is 22.4 Å². The van der Waals surface area contributed by atoms with E-state index in [2.05, 4.69) is 15.2 Å². The summed E-state index contributed by atoms with van der Waals surface area (Å²) in [7, 11) is -1.28. The van der Waals surface area contributed by atoms with Gasteiger partial charge in [-0.1, -0.05) is 0 Å². The number of halogens is 2. The standard InChI is InChI=1S/C13H10F2N4O2S/c1-22(20)13-18-16-7-19(13)5-9-6-21-12(17-9)8-2-3-10(14)11(15)4-8/h2-4,6-7H,5H2,1H3. The number of hydrogen-bond donors (Lipinski definition) is 0. The van der Waals surface area contributed by atoms with Gasteiger partial charge in [0.1, 0.15) is 12.6 Å². The number of nitrogens with zero attached hydrogens (tertiary/aromatic N) is 4. The van der Waals surface area contributed by atoms with Gasteiger partial charge >= 0.3 is 0 Å². The summed E-state index contributed by atoms with van der Waals surface area (Å²) in [5.74, 6) is -1.74. The van der Waals surface area contributed by atoms with Crippen LogP contribution in [0.2, 0.25) is 0 Å². The number of rotatable bonds is 4. The van der Waals surface area contributed by atoms with Crippen LogP contribution in [-0.4, -0.2) is 30.2 Å². The van der Waals surface area contributed by atoms with Crippen molar-refractivity contribution in [2.24, 2.45) is 0 Å². The molecule has 6 nitrogen and oxygen atoms in total. The average Bonchev–Trinajstić information content (AvgIpc) is 3.11. The van der Waals surface area contributed by atoms with Crippen molar-refractivity contribution < 1.29 is 17.4 Å². The quantitative estimate of drug-likeness (QED) is 0.734. The van der Waals surface area contributed by atoms with Crippen molar-refractivity contribution in [3.05, 3.63) is 48.1 Å². The Morgan fingerprint density at radius 3 is 2.86 bits per heavy atom. The molecule has 2 heterocycles. The van der Waals surface area contributed by atoms with Crippen LogP contribution in [0.25, 0.3) is 11.5 Å². The Morgan fingerprint density at radius 1 is 1.32 bits per heavy atom. The highest BCUT2D eigenvalue weighted by atomic mass is 32.2. The van der Waals surface area contributed by atoms with Gasteiger partial charge in [0.2, 0.25) is 11.0 Å². The first-order valence-electron chi connectivity index (χ1n) is 6.15. The van der Waals surface area contributed by atoms with Gasteiger partial charge in [-0.2, -0.15) is 0 Å². The highest BCUT2D eigenvalue weighted by Gasteiger charge is 2.13. The smallest absolute Gasteiger partial charge is 0.226 e. The summed E-state index contributed by atoms with van der Waals surface area (Å²) in [6.45, 7) is 0.259. The fourth-order valence-corrected chi connectivity index (χ4v) is 2.50. The van der Waals surface area contributed by atoms with E-state index in [1.807, 2.05) is 0 Å². The van der Waals surface area contributed by atoms with E-state index in [4.69, 9.17) is 4.42 Å². The van der Waals surface area contributed by atoms with Crippen LogP contribution < -0.4 is 0 Å². The van der Waals surface area contributed by atoms with Gasteiger partial charge in [0.05, 0.1) is 23.0 Å². The van der Waals surface area contributed by atoms with Gasteiger partial charge in [-0.15, -0.1) is 10.2 Å². The zero-order chi connectivity index (χ0) is 15.7. The summed E-state index contributed by atoms with van der Waals surface area (Å²) in [6, 6.07) is 3.39. The van der Waals surface area contributed by atoms with Crippen LogP contribution in [0.1, 0.15) is 5.69 Å². The topological polar surface area (TPSA) is 73.8 Å². The second-order valence-electron chi connectivity index (χ2n) is 4.47. The molecule has 22 heavy (non-hydrogen) atoms. The van der Waals surface area contributed by atoms with Crippen molar-refractivity contribution in [1.82, 2.24) is 19.7 Å². The molecule has 1 aromatic carbocycles. The molecule has 0 fully saturated rings. The van der Waals surface area contributed by atoms with Crippen LogP contribution >= 0.6 is 0 Å². The normalized spacial score (nSPS) is 12.5. The fourth-order valence-electron chi connectivity index (χ4n) is 1.89. The lowest BCUT2D eigenvalue weighted by molar-refractivity contribution is 0.507. The Kier molecular flexibility index (Phi) is 3.80. The third kappa shape index (κ3) is 2.80. The van der Waals surface area contributed by atoms with Gasteiger partial charge < -0.3 is 8.98 Å². The number of aromatic nitrogens is 4. The molecule has 0 bridgehead atoms. The van der Waals surface area contributed by atoms with Crippen LogP contribution in [-0.2, 0) is 17.3 Å². The lowest BCUT2D eigenvalue weighted by Crippen LogP contribution is -2.05. The van der Waals surface area contributed by atoms with Crippen molar-refractivity contribution in [2.75, 3.05) is 6.26 Å². The molecule has 0 saturated carbocycles. The van der Waals surface area contributed by atoms with Crippen molar-refractivity contribution in [1.29, 1.82) is 0 Å². The molecule has 0 amide bonds. The second kappa shape index (κ2) is 5.76. The third-order valence-electron chi connectivity index (χ3n) is 2.89. The Bertz CT molecular complexity index is 846. The van der Waals surface area contributed by atoms with Crippen LogP contribution in [0.5, 0.6) is 0 Å². The first kappa shape index (κ1) is 14.5. The molecule has 0 aliphatic carbocycles. The van der Waals surface area contributed by atoms with E-state index in [-0.39, 0.29) is 12.4 Å². The predicted molar refractivity (Wildman–Crippen MR) is 73.3 cm³/mol. The van der Waals surface area contributed by atoms with E-state index in [0.717, 1.165) is 12.1 Å². The van der Waals surface area contributed by atoms with Crippen LogP contribution in [0, 0.1) is 11.6 Å². The van der Waals surface area contributed by atoms with Crippen LogP contribution in [0.15, 0.2) is 40.4 Å². The molecule has 1 atom stereocenters. The number of oxazole rings is 1. The molecule has 1 unspecified atom stereocenters. The highest BCUT2D eigenvalue weighted by molar-refractivity contribution is 7.84. The minimum atomic E-state index is -1.28. The minimum Gasteiger partial charge on any atom is -0.444 e. The van der Waals surface area contributed by atoms with Gasteiger partial charge in [0.25, 0.3) is 0 Å². The summed E-state index contributed by atoms with van der Waals surface area (Å²) >= 11 is 0. The molecular weight excluding hydrogens is 314 g/mol. The van der Waals surface area contributed by atoms with Gasteiger partial charge in [0.15, 0.2) is 11.6 Å². The van der Waals surface area contributed by atoms with E-state index in [9.17, 15) is 13.0 Å². The van der Waals surface area contributed by atoms with Crippen molar-refractivity contribution in [3.63, 3.8) is 0 Å². The summed E-state index contributed by atoms with van der Waals surface area (Å²) in [5.41, 5.74) is 0.847. The summed E-state index contributed by atoms with van der Waals surface area (Å²) in [4.78, 5) is 4.20. The molecule has 3 aromatic rings. The lowest BCUT2D eigenvalue weighted by atomic mass is 10.2. The minimum absolute atomic E-state index is 0.168. The summed E-state index contributed by atoms with van der Waals surface area (Å²) in [6.07, 6.45) is 4.32. The molecule has 0 spiro atoms. The largest absolute Gasteiger partial charge is 0.444 e. The first-order valence-corrected chi connectivity index (χ1v) is 7.71. The zero-order valence-electron chi connectivity index (χ0n) is 11.4. The van der Waals surface area contributed by atoms with Gasteiger partial charge in [-0.3, -0.25) is 4.21 Å². The fraction of sp³-hybridized carbons (Fsp3) is 0.154. The zero-order valence-corrected chi connectivity index (χ0v) is 12.2.